The van der Waals surface area contributed by atoms with Gasteiger partial charge in [0.25, 0.3) is 0 Å². The van der Waals surface area contributed by atoms with E-state index in [2.05, 4.69) is 113 Å². The molecule has 0 saturated carbocycles. The van der Waals surface area contributed by atoms with Gasteiger partial charge in [0, 0.05) is 18.4 Å². The molecule has 0 amide bonds. The highest BCUT2D eigenvalue weighted by Crippen LogP contribution is 2.40. The maximum Gasteiger partial charge on any atom is 0.192 e. The Morgan fingerprint density at radius 2 is 1.23 bits per heavy atom. The van der Waals surface area contributed by atoms with E-state index in [-0.39, 0.29) is 28.0 Å². The molecule has 0 aromatic rings. The first-order chi connectivity index (χ1) is 13.0. The number of rotatable bonds is 8. The van der Waals surface area contributed by atoms with Crippen LogP contribution in [-0.2, 0) is 8.85 Å². The predicted octanol–water partition coefficient (Wildman–Crippen LogP) is 6.91. The van der Waals surface area contributed by atoms with Crippen LogP contribution in [0.4, 0.5) is 0 Å². The largest absolute Gasteiger partial charge is 0.416 e. The Labute approximate surface area is 192 Å². The molecular weight excluding hydrogens is 421 g/mol. The predicted molar refractivity (Wildman–Crippen MR) is 141 cm³/mol. The van der Waals surface area contributed by atoms with Crippen molar-refractivity contribution < 1.29 is 14.0 Å². The summed E-state index contributed by atoms with van der Waals surface area (Å²) in [6.07, 6.45) is -0.761. The fraction of sp³-hybridized carbons (Fsp3) is 0.917. The zero-order valence-corrected chi connectivity index (χ0v) is 25.8. The maximum absolute atomic E-state index is 10.9. The van der Waals surface area contributed by atoms with Crippen LogP contribution in [0.25, 0.3) is 0 Å². The molecule has 0 aromatic carbocycles. The van der Waals surface area contributed by atoms with Gasteiger partial charge in [0.05, 0.1) is 6.10 Å². The fourth-order valence-electron chi connectivity index (χ4n) is 2.51. The van der Waals surface area contributed by atoms with Crippen molar-refractivity contribution in [2.45, 2.75) is 124 Å². The molecule has 0 aliphatic carbocycles. The Balaban J connectivity index is 5.75. The summed E-state index contributed by atoms with van der Waals surface area (Å²) in [5.41, 5.74) is 3.34. The first-order valence-corrected chi connectivity index (χ1v) is 20.9. The van der Waals surface area contributed by atoms with E-state index in [1.807, 2.05) is 0 Å². The van der Waals surface area contributed by atoms with Crippen molar-refractivity contribution in [2.24, 2.45) is 11.8 Å². The zero-order valence-electron chi connectivity index (χ0n) is 22.8. The first kappa shape index (κ1) is 30.1. The third-order valence-corrected chi connectivity index (χ3v) is 16.8. The summed E-state index contributed by atoms with van der Waals surface area (Å²) in [6, 6.07) is 0. The van der Waals surface area contributed by atoms with E-state index in [1.165, 1.54) is 0 Å². The van der Waals surface area contributed by atoms with Crippen molar-refractivity contribution >= 4 is 24.7 Å². The minimum atomic E-state index is -2.01. The monoisotopic (exact) mass is 472 g/mol. The van der Waals surface area contributed by atoms with Crippen LogP contribution < -0.4 is 0 Å². The number of aliphatic hydroxyl groups excluding tert-OH is 1. The van der Waals surface area contributed by atoms with Gasteiger partial charge in [0.15, 0.2) is 16.6 Å². The quantitative estimate of drug-likeness (QED) is 0.308. The lowest BCUT2D eigenvalue weighted by Crippen LogP contribution is -2.50. The van der Waals surface area contributed by atoms with Crippen molar-refractivity contribution in [3.05, 3.63) is 0 Å². The van der Waals surface area contributed by atoms with Crippen molar-refractivity contribution in [2.75, 3.05) is 6.61 Å². The standard InChI is InChI=1S/C24H52O3Si3/c1-19(18-26-29(12,13)23(3,4)5)22(27-30(14,15)24(6,7)8)20(2)21(25)16-17-28(9,10)11/h19-22,25H,18H2,1-15H3/t19-,20+,21+,22+/m1/s1. The minimum absolute atomic E-state index is 0.0685. The topological polar surface area (TPSA) is 38.7 Å². The van der Waals surface area contributed by atoms with Crippen LogP contribution in [0.3, 0.4) is 0 Å². The highest BCUT2D eigenvalue weighted by atomic mass is 28.4. The lowest BCUT2D eigenvalue weighted by molar-refractivity contribution is 0.00828. The third kappa shape index (κ3) is 9.30. The van der Waals surface area contributed by atoms with Crippen LogP contribution in [0, 0.1) is 23.3 Å². The molecule has 0 aromatic heterocycles. The minimum Gasteiger partial charge on any atom is -0.416 e. The van der Waals surface area contributed by atoms with Crippen LogP contribution in [-0.4, -0.2) is 48.6 Å². The summed E-state index contributed by atoms with van der Waals surface area (Å²) < 4.78 is 13.4. The van der Waals surface area contributed by atoms with Crippen LogP contribution in [0.5, 0.6) is 0 Å². The van der Waals surface area contributed by atoms with E-state index in [0.717, 1.165) is 0 Å². The lowest BCUT2D eigenvalue weighted by Gasteiger charge is -2.44. The number of hydrogen-bond donors (Lipinski definition) is 1. The van der Waals surface area contributed by atoms with Crippen LogP contribution in [0.2, 0.25) is 55.9 Å². The molecule has 30 heavy (non-hydrogen) atoms. The molecule has 0 heterocycles. The Morgan fingerprint density at radius 3 is 1.60 bits per heavy atom. The molecule has 0 unspecified atom stereocenters. The lowest BCUT2D eigenvalue weighted by atomic mass is 9.90. The molecule has 1 N–H and O–H groups in total. The van der Waals surface area contributed by atoms with Crippen molar-refractivity contribution in [3.63, 3.8) is 0 Å². The van der Waals surface area contributed by atoms with E-state index >= 15 is 0 Å². The van der Waals surface area contributed by atoms with Gasteiger partial charge in [0.2, 0.25) is 0 Å². The molecule has 0 aliphatic rings. The van der Waals surface area contributed by atoms with Crippen LogP contribution >= 0.6 is 0 Å². The van der Waals surface area contributed by atoms with E-state index < -0.39 is 30.8 Å². The van der Waals surface area contributed by atoms with Gasteiger partial charge in [-0.25, -0.2) is 0 Å². The second kappa shape index (κ2) is 10.4. The first-order valence-electron chi connectivity index (χ1n) is 11.5. The molecule has 178 valence electrons. The Kier molecular flexibility index (Phi) is 10.4. The molecule has 0 fully saturated rings. The van der Waals surface area contributed by atoms with Gasteiger partial charge < -0.3 is 14.0 Å². The van der Waals surface area contributed by atoms with Gasteiger partial charge in [-0.15, -0.1) is 5.54 Å². The average Bonchev–Trinajstić information content (AvgIpc) is 2.52. The Bertz CT molecular complexity index is 598. The van der Waals surface area contributed by atoms with E-state index in [1.54, 1.807) is 0 Å². The highest BCUT2D eigenvalue weighted by Gasteiger charge is 2.43. The smallest absolute Gasteiger partial charge is 0.192 e. The molecule has 0 rings (SSSR count). The second-order valence-corrected chi connectivity index (χ2v) is 27.5. The SMILES string of the molecule is C[C@H]([C@@H](O[Si](C)(C)C(C)(C)C)[C@H](C)CO[Si](C)(C)C(C)(C)C)[C@@H](O)C#C[Si](C)(C)C. The Morgan fingerprint density at radius 1 is 0.800 bits per heavy atom. The second-order valence-electron chi connectivity index (χ2n) is 13.2. The van der Waals surface area contributed by atoms with Gasteiger partial charge in [0.1, 0.15) is 14.2 Å². The van der Waals surface area contributed by atoms with Gasteiger partial charge in [-0.3, -0.25) is 0 Å². The number of hydrogen-bond acceptors (Lipinski definition) is 3. The van der Waals surface area contributed by atoms with Gasteiger partial charge >= 0.3 is 0 Å². The molecule has 0 saturated heterocycles. The van der Waals surface area contributed by atoms with Crippen LogP contribution in [0.1, 0.15) is 55.4 Å². The maximum atomic E-state index is 10.9. The van der Waals surface area contributed by atoms with Gasteiger partial charge in [-0.05, 0) is 36.3 Å². The summed E-state index contributed by atoms with van der Waals surface area (Å²) in [5, 5.41) is 11.2. The summed E-state index contributed by atoms with van der Waals surface area (Å²) in [4.78, 5) is 0. The summed E-state index contributed by atoms with van der Waals surface area (Å²) in [5.74, 6) is 3.27. The molecule has 0 bridgehead atoms. The summed E-state index contributed by atoms with van der Waals surface area (Å²) in [6.45, 7) is 34.3. The summed E-state index contributed by atoms with van der Waals surface area (Å²) >= 11 is 0. The molecule has 0 spiro atoms. The van der Waals surface area contributed by atoms with Gasteiger partial charge in [-0.1, -0.05) is 81.0 Å². The van der Waals surface area contributed by atoms with E-state index in [0.29, 0.717) is 6.61 Å². The highest BCUT2D eigenvalue weighted by molar-refractivity contribution is 6.83. The molecule has 0 aliphatic heterocycles. The fourth-order valence-corrected chi connectivity index (χ4v) is 5.69. The Hall–Kier alpha value is 0.0906. The van der Waals surface area contributed by atoms with Crippen molar-refractivity contribution in [3.8, 4) is 11.5 Å². The van der Waals surface area contributed by atoms with E-state index in [9.17, 15) is 5.11 Å². The normalized spacial score (nSPS) is 18.3. The van der Waals surface area contributed by atoms with Crippen LogP contribution in [0.15, 0.2) is 0 Å². The number of aliphatic hydroxyl groups is 1. The summed E-state index contributed by atoms with van der Waals surface area (Å²) in [7, 11) is -5.38. The molecule has 3 nitrogen and oxygen atoms in total. The zero-order chi connectivity index (χ0) is 24.3. The van der Waals surface area contributed by atoms with E-state index in [4.69, 9.17) is 8.85 Å². The van der Waals surface area contributed by atoms with Gasteiger partial charge in [-0.2, -0.15) is 0 Å². The molecule has 0 radical (unpaired) electrons. The van der Waals surface area contributed by atoms with Crippen molar-refractivity contribution in [1.82, 2.24) is 0 Å². The molecular formula is C24H52O3Si3. The average molecular weight is 473 g/mol. The van der Waals surface area contributed by atoms with Crippen molar-refractivity contribution in [1.29, 1.82) is 0 Å². The molecule has 4 atom stereocenters. The molecule has 6 heteroatoms. The third-order valence-electron chi connectivity index (χ3n) is 6.92.